The fourth-order valence-corrected chi connectivity index (χ4v) is 1.55. The molecule has 5 heteroatoms. The summed E-state index contributed by atoms with van der Waals surface area (Å²) in [7, 11) is 2.85. The predicted molar refractivity (Wildman–Crippen MR) is 62.6 cm³/mol. The molecule has 0 bridgehead atoms. The van der Waals surface area contributed by atoms with Crippen molar-refractivity contribution in [3.63, 3.8) is 0 Å². The van der Waals surface area contributed by atoms with E-state index in [9.17, 15) is 9.90 Å². The number of hydrogen-bond acceptors (Lipinski definition) is 4. The maximum Gasteiger partial charge on any atom is 1.00 e. The minimum atomic E-state index is -1.31. The van der Waals surface area contributed by atoms with Gasteiger partial charge < -0.3 is 19.4 Å². The number of hydrogen-bond donors (Lipinski definition) is 0. The van der Waals surface area contributed by atoms with E-state index in [0.717, 1.165) is 5.56 Å². The summed E-state index contributed by atoms with van der Waals surface area (Å²) in [6.45, 7) is 6.08. The van der Waals surface area contributed by atoms with E-state index < -0.39 is 5.97 Å². The molecule has 0 heterocycles. The number of benzene rings is 1. The fraction of sp³-hybridized carbons (Fsp3) is 0.462. The fourth-order valence-electron chi connectivity index (χ4n) is 1.55. The molecule has 0 unspecified atom stereocenters. The number of carboxylic acids is 1. The van der Waals surface area contributed by atoms with Crippen LogP contribution >= 0.6 is 0 Å². The molecule has 0 fully saturated rings. The number of carbonyl (C=O) groups is 1. The monoisotopic (exact) mass is 260 g/mol. The van der Waals surface area contributed by atoms with E-state index in [1.54, 1.807) is 12.1 Å². The molecular formula is C13H17NaO4. The van der Waals surface area contributed by atoms with Crippen LogP contribution in [0.1, 0.15) is 36.7 Å². The minimum Gasteiger partial charge on any atom is -0.545 e. The molecule has 0 atom stereocenters. The second kappa shape index (κ2) is 6.45. The van der Waals surface area contributed by atoms with Crippen LogP contribution in [-0.2, 0) is 5.41 Å². The van der Waals surface area contributed by atoms with Crippen LogP contribution in [0, 0.1) is 0 Å². The van der Waals surface area contributed by atoms with E-state index in [1.165, 1.54) is 14.2 Å². The molecule has 94 valence electrons. The van der Waals surface area contributed by atoms with Gasteiger partial charge in [0.25, 0.3) is 0 Å². The molecule has 0 radical (unpaired) electrons. The van der Waals surface area contributed by atoms with Crippen LogP contribution in [0.4, 0.5) is 0 Å². The zero-order chi connectivity index (χ0) is 13.2. The Balaban J connectivity index is 0.00000289. The molecule has 0 spiro atoms. The number of aromatic carboxylic acids is 1. The van der Waals surface area contributed by atoms with Gasteiger partial charge in [0.05, 0.1) is 25.8 Å². The van der Waals surface area contributed by atoms with Gasteiger partial charge >= 0.3 is 29.6 Å². The maximum atomic E-state index is 11.1. The molecule has 18 heavy (non-hydrogen) atoms. The molecule has 0 amide bonds. The van der Waals surface area contributed by atoms with Crippen LogP contribution in [0.25, 0.3) is 0 Å². The minimum absolute atomic E-state index is 0. The van der Waals surface area contributed by atoms with Gasteiger partial charge in [-0.05, 0) is 23.1 Å². The first-order chi connectivity index (χ1) is 7.81. The molecule has 0 N–H and O–H groups in total. The molecule has 0 aliphatic rings. The van der Waals surface area contributed by atoms with Gasteiger partial charge in [0.15, 0.2) is 0 Å². The van der Waals surface area contributed by atoms with E-state index in [1.807, 2.05) is 20.8 Å². The van der Waals surface area contributed by atoms with Crippen molar-refractivity contribution in [1.29, 1.82) is 0 Å². The third-order valence-corrected chi connectivity index (χ3v) is 2.58. The van der Waals surface area contributed by atoms with Gasteiger partial charge in [-0.2, -0.15) is 0 Å². The Hall–Kier alpha value is -0.710. The molecular weight excluding hydrogens is 243 g/mol. The molecule has 0 aromatic heterocycles. The zero-order valence-corrected chi connectivity index (χ0v) is 13.8. The molecule has 4 nitrogen and oxygen atoms in total. The van der Waals surface area contributed by atoms with Crippen molar-refractivity contribution in [2.75, 3.05) is 14.2 Å². The van der Waals surface area contributed by atoms with Crippen LogP contribution in [-0.4, -0.2) is 20.2 Å². The van der Waals surface area contributed by atoms with Gasteiger partial charge in [-0.3, -0.25) is 0 Å². The summed E-state index contributed by atoms with van der Waals surface area (Å²) in [5, 5.41) is 11.1. The Kier molecular flexibility index (Phi) is 6.20. The van der Waals surface area contributed by atoms with Crippen molar-refractivity contribution in [3.8, 4) is 11.5 Å². The van der Waals surface area contributed by atoms with Crippen molar-refractivity contribution in [2.45, 2.75) is 26.2 Å². The molecule has 0 saturated carbocycles. The van der Waals surface area contributed by atoms with Crippen molar-refractivity contribution < 1.29 is 48.9 Å². The number of rotatable bonds is 3. The molecule has 1 aromatic carbocycles. The zero-order valence-electron chi connectivity index (χ0n) is 11.8. The predicted octanol–water partition coefficient (Wildman–Crippen LogP) is -1.63. The third kappa shape index (κ3) is 3.64. The van der Waals surface area contributed by atoms with E-state index >= 15 is 0 Å². The van der Waals surface area contributed by atoms with E-state index in [-0.39, 0.29) is 52.0 Å². The largest absolute Gasteiger partial charge is 1.00 e. The van der Waals surface area contributed by atoms with E-state index in [2.05, 4.69) is 0 Å². The Bertz CT molecular complexity index is 410. The van der Waals surface area contributed by atoms with E-state index in [4.69, 9.17) is 9.47 Å². The van der Waals surface area contributed by atoms with Crippen molar-refractivity contribution in [3.05, 3.63) is 23.3 Å². The smallest absolute Gasteiger partial charge is 0.545 e. The number of ether oxygens (including phenoxy) is 2. The van der Waals surface area contributed by atoms with Crippen LogP contribution in [0.2, 0.25) is 0 Å². The normalized spacial score (nSPS) is 10.5. The van der Waals surface area contributed by atoms with Crippen LogP contribution in [0.5, 0.6) is 11.5 Å². The van der Waals surface area contributed by atoms with Crippen LogP contribution in [0.3, 0.4) is 0 Å². The number of carbonyl (C=O) groups excluding carboxylic acids is 1. The first kappa shape index (κ1) is 17.3. The quantitative estimate of drug-likeness (QED) is 0.612. The van der Waals surface area contributed by atoms with Crippen molar-refractivity contribution >= 4 is 5.97 Å². The molecule has 0 aliphatic carbocycles. The third-order valence-electron chi connectivity index (χ3n) is 2.58. The summed E-state index contributed by atoms with van der Waals surface area (Å²) in [4.78, 5) is 11.1. The average Bonchev–Trinajstić information content (AvgIpc) is 2.25. The second-order valence-electron chi connectivity index (χ2n) is 4.79. The van der Waals surface area contributed by atoms with Crippen molar-refractivity contribution in [2.24, 2.45) is 0 Å². The Labute approximate surface area is 130 Å². The summed E-state index contributed by atoms with van der Waals surface area (Å²) < 4.78 is 10.2. The van der Waals surface area contributed by atoms with Gasteiger partial charge in [-0.1, -0.05) is 20.8 Å². The van der Waals surface area contributed by atoms with Gasteiger partial charge in [-0.15, -0.1) is 0 Å². The molecule has 0 aliphatic heterocycles. The first-order valence-electron chi connectivity index (χ1n) is 5.29. The number of carboxylic acid groups (broad SMARTS) is 1. The summed E-state index contributed by atoms with van der Waals surface area (Å²) in [6, 6.07) is 3.40. The number of methoxy groups -OCH3 is 2. The van der Waals surface area contributed by atoms with E-state index in [0.29, 0.717) is 0 Å². The summed E-state index contributed by atoms with van der Waals surface area (Å²) in [6.07, 6.45) is 0. The molecule has 0 saturated heterocycles. The van der Waals surface area contributed by atoms with Gasteiger partial charge in [-0.25, -0.2) is 0 Å². The summed E-state index contributed by atoms with van der Waals surface area (Å²) in [5.74, 6) is -0.789. The van der Waals surface area contributed by atoms with Crippen LogP contribution < -0.4 is 44.1 Å². The van der Waals surface area contributed by atoms with Gasteiger partial charge in [0.1, 0.15) is 11.5 Å². The Morgan fingerprint density at radius 2 is 1.50 bits per heavy atom. The summed E-state index contributed by atoms with van der Waals surface area (Å²) >= 11 is 0. The first-order valence-corrected chi connectivity index (χ1v) is 5.29. The van der Waals surface area contributed by atoms with Crippen molar-refractivity contribution in [1.82, 2.24) is 0 Å². The van der Waals surface area contributed by atoms with Gasteiger partial charge in [0.2, 0.25) is 0 Å². The second-order valence-corrected chi connectivity index (χ2v) is 4.79. The Morgan fingerprint density at radius 3 is 1.72 bits per heavy atom. The maximum absolute atomic E-state index is 11.1. The molecule has 1 aromatic rings. The average molecular weight is 260 g/mol. The standard InChI is InChI=1S/C13H18O4.Na/c1-13(2,3)8-6-9(16-4)11(12(14)15)10(7-8)17-5;/h6-7H,1-5H3,(H,14,15);/q;+1/p-1. The van der Waals surface area contributed by atoms with Crippen LogP contribution in [0.15, 0.2) is 12.1 Å². The Morgan fingerprint density at radius 1 is 1.11 bits per heavy atom. The topological polar surface area (TPSA) is 58.6 Å². The SMILES string of the molecule is COc1cc(C(C)(C)C)cc(OC)c1C(=O)[O-].[Na+]. The molecule has 1 rings (SSSR count). The summed E-state index contributed by atoms with van der Waals surface area (Å²) in [5.41, 5.74) is 0.768. The van der Waals surface area contributed by atoms with Gasteiger partial charge in [0, 0.05) is 0 Å².